The Hall–Kier alpha value is -2.73. The molecule has 12 nitrogen and oxygen atoms in total. The van der Waals surface area contributed by atoms with Gasteiger partial charge in [0.1, 0.15) is 18.1 Å². The van der Waals surface area contributed by atoms with Crippen molar-refractivity contribution in [2.75, 3.05) is 13.1 Å². The average molecular weight is 471 g/mol. The third-order valence-electron chi connectivity index (χ3n) is 5.49. The molecule has 0 bridgehead atoms. The normalized spacial score (nSPS) is 18.5. The van der Waals surface area contributed by atoms with E-state index in [1.54, 1.807) is 0 Å². The average Bonchev–Trinajstić information content (AvgIpc) is 3.21. The van der Waals surface area contributed by atoms with E-state index in [0.717, 1.165) is 6.42 Å². The molecule has 4 unspecified atom stereocenters. The molecular weight excluding hydrogens is 432 g/mol. The van der Waals surface area contributed by atoms with E-state index in [2.05, 4.69) is 10.6 Å². The van der Waals surface area contributed by atoms with E-state index in [0.29, 0.717) is 38.6 Å². The SMILES string of the molecule is CC(C)CC(NC(=O)C(N)CCCCN)C(=O)N1CCCC1C(=O)NC(CC(N)=O)C(=O)O. The predicted octanol–water partition coefficient (Wildman–Crippen LogP) is -1.59. The standard InChI is InChI=1S/C21H38N6O6/c1-12(2)10-14(25-18(29)13(23)6-3-4-8-22)20(31)27-9-5-7-16(27)19(30)26-15(21(32)33)11-17(24)28/h12-16H,3-11,22-23H2,1-2H3,(H2,24,28)(H,25,29)(H,26,30)(H,32,33). The highest BCUT2D eigenvalue weighted by molar-refractivity contribution is 5.95. The van der Waals surface area contributed by atoms with Crippen LogP contribution in [-0.4, -0.2) is 76.9 Å². The summed E-state index contributed by atoms with van der Waals surface area (Å²) in [6, 6.07) is -4.03. The molecule has 4 atom stereocenters. The highest BCUT2D eigenvalue weighted by Crippen LogP contribution is 2.21. The van der Waals surface area contributed by atoms with Crippen LogP contribution in [0.3, 0.4) is 0 Å². The number of nitrogens with two attached hydrogens (primary N) is 3. The minimum Gasteiger partial charge on any atom is -0.480 e. The van der Waals surface area contributed by atoms with E-state index in [1.807, 2.05) is 13.8 Å². The van der Waals surface area contributed by atoms with Gasteiger partial charge >= 0.3 is 5.97 Å². The quantitative estimate of drug-likeness (QED) is 0.162. The number of nitrogens with one attached hydrogen (secondary N) is 2. The number of unbranched alkanes of at least 4 members (excludes halogenated alkanes) is 1. The topological polar surface area (TPSA) is 211 Å². The number of carbonyl (C=O) groups excluding carboxylic acids is 4. The number of amides is 4. The number of primary amides is 1. The first kappa shape index (κ1) is 28.3. The molecule has 0 aromatic heterocycles. The van der Waals surface area contributed by atoms with Crippen molar-refractivity contribution in [3.63, 3.8) is 0 Å². The summed E-state index contributed by atoms with van der Waals surface area (Å²) in [5, 5.41) is 14.2. The van der Waals surface area contributed by atoms with Crippen molar-refractivity contribution in [2.24, 2.45) is 23.1 Å². The summed E-state index contributed by atoms with van der Waals surface area (Å²) in [5.41, 5.74) is 16.5. The van der Waals surface area contributed by atoms with Crippen LogP contribution in [0.15, 0.2) is 0 Å². The number of carbonyl (C=O) groups is 5. The van der Waals surface area contributed by atoms with Crippen LogP contribution in [0.25, 0.3) is 0 Å². The van der Waals surface area contributed by atoms with Gasteiger partial charge in [0.25, 0.3) is 0 Å². The fourth-order valence-electron chi connectivity index (χ4n) is 3.78. The van der Waals surface area contributed by atoms with Crippen molar-refractivity contribution in [1.82, 2.24) is 15.5 Å². The van der Waals surface area contributed by atoms with Gasteiger partial charge in [0.05, 0.1) is 12.5 Å². The zero-order valence-electron chi connectivity index (χ0n) is 19.4. The number of carboxylic acids is 1. The van der Waals surface area contributed by atoms with Gasteiger partial charge in [-0.05, 0) is 44.6 Å². The smallest absolute Gasteiger partial charge is 0.326 e. The molecule has 0 radical (unpaired) electrons. The maximum atomic E-state index is 13.3. The molecule has 1 heterocycles. The first-order valence-electron chi connectivity index (χ1n) is 11.4. The summed E-state index contributed by atoms with van der Waals surface area (Å²) in [6.45, 7) is 4.60. The summed E-state index contributed by atoms with van der Waals surface area (Å²) in [6.07, 6.45) is 2.54. The van der Waals surface area contributed by atoms with Gasteiger partial charge in [0.15, 0.2) is 0 Å². The number of hydrogen-bond acceptors (Lipinski definition) is 7. The van der Waals surface area contributed by atoms with E-state index >= 15 is 0 Å². The molecule has 0 aromatic carbocycles. The summed E-state index contributed by atoms with van der Waals surface area (Å²) in [7, 11) is 0. The van der Waals surface area contributed by atoms with Gasteiger partial charge in [0, 0.05) is 6.54 Å². The van der Waals surface area contributed by atoms with Crippen LogP contribution in [0.4, 0.5) is 0 Å². The van der Waals surface area contributed by atoms with Crippen molar-refractivity contribution >= 4 is 29.6 Å². The van der Waals surface area contributed by atoms with E-state index < -0.39 is 60.2 Å². The highest BCUT2D eigenvalue weighted by Gasteiger charge is 2.39. The van der Waals surface area contributed by atoms with Crippen LogP contribution in [-0.2, 0) is 24.0 Å². The zero-order chi connectivity index (χ0) is 25.1. The van der Waals surface area contributed by atoms with E-state index in [4.69, 9.17) is 17.2 Å². The lowest BCUT2D eigenvalue weighted by atomic mass is 10.0. The lowest BCUT2D eigenvalue weighted by molar-refractivity contribution is -0.146. The molecule has 0 spiro atoms. The van der Waals surface area contributed by atoms with Gasteiger partial charge in [-0.2, -0.15) is 0 Å². The van der Waals surface area contributed by atoms with E-state index in [9.17, 15) is 29.1 Å². The lowest BCUT2D eigenvalue weighted by Gasteiger charge is -2.30. The Labute approximate surface area is 194 Å². The van der Waals surface area contributed by atoms with Crippen LogP contribution in [0.1, 0.15) is 58.8 Å². The van der Waals surface area contributed by atoms with Gasteiger partial charge in [-0.15, -0.1) is 0 Å². The second-order valence-electron chi connectivity index (χ2n) is 8.84. The second-order valence-corrected chi connectivity index (χ2v) is 8.84. The van der Waals surface area contributed by atoms with Gasteiger partial charge in [-0.25, -0.2) is 4.79 Å². The first-order chi connectivity index (χ1) is 15.5. The zero-order valence-corrected chi connectivity index (χ0v) is 19.4. The maximum absolute atomic E-state index is 13.3. The third-order valence-corrected chi connectivity index (χ3v) is 5.49. The monoisotopic (exact) mass is 470 g/mol. The molecule has 9 N–H and O–H groups in total. The van der Waals surface area contributed by atoms with Crippen LogP contribution >= 0.6 is 0 Å². The van der Waals surface area contributed by atoms with Gasteiger partial charge in [-0.3, -0.25) is 19.2 Å². The maximum Gasteiger partial charge on any atom is 0.326 e. The van der Waals surface area contributed by atoms with Crippen molar-refractivity contribution in [2.45, 2.75) is 83.0 Å². The Morgan fingerprint density at radius 1 is 1.09 bits per heavy atom. The highest BCUT2D eigenvalue weighted by atomic mass is 16.4. The Morgan fingerprint density at radius 3 is 2.30 bits per heavy atom. The van der Waals surface area contributed by atoms with Crippen molar-refractivity contribution in [3.8, 4) is 0 Å². The van der Waals surface area contributed by atoms with E-state index in [1.165, 1.54) is 4.90 Å². The third kappa shape index (κ3) is 9.34. The van der Waals surface area contributed by atoms with Crippen LogP contribution < -0.4 is 27.8 Å². The van der Waals surface area contributed by atoms with Gasteiger partial charge in [0.2, 0.25) is 23.6 Å². The molecule has 1 aliphatic rings. The Bertz CT molecular complexity index is 715. The minimum atomic E-state index is -1.48. The largest absolute Gasteiger partial charge is 0.480 e. The number of aliphatic carboxylic acids is 1. The van der Waals surface area contributed by atoms with Gasteiger partial charge < -0.3 is 37.8 Å². The molecule has 1 aliphatic heterocycles. The number of likely N-dealkylation sites (tertiary alicyclic amines) is 1. The molecule has 0 aliphatic carbocycles. The van der Waals surface area contributed by atoms with Crippen molar-refractivity contribution < 1.29 is 29.1 Å². The molecular formula is C21H38N6O6. The number of hydrogen-bond donors (Lipinski definition) is 6. The van der Waals surface area contributed by atoms with Gasteiger partial charge in [-0.1, -0.05) is 20.3 Å². The number of carboxylic acid groups (broad SMARTS) is 1. The molecule has 12 heteroatoms. The molecule has 4 amide bonds. The fourth-order valence-corrected chi connectivity index (χ4v) is 3.78. The molecule has 0 saturated carbocycles. The molecule has 1 saturated heterocycles. The Morgan fingerprint density at radius 2 is 1.76 bits per heavy atom. The minimum absolute atomic E-state index is 0.0783. The van der Waals surface area contributed by atoms with Crippen LogP contribution in [0.5, 0.6) is 0 Å². The predicted molar refractivity (Wildman–Crippen MR) is 120 cm³/mol. The number of nitrogens with zero attached hydrogens (tertiary/aromatic N) is 1. The summed E-state index contributed by atoms with van der Waals surface area (Å²) in [4.78, 5) is 62.4. The van der Waals surface area contributed by atoms with Crippen molar-refractivity contribution in [3.05, 3.63) is 0 Å². The molecule has 33 heavy (non-hydrogen) atoms. The molecule has 0 aromatic rings. The molecule has 188 valence electrons. The second kappa shape index (κ2) is 13.7. The van der Waals surface area contributed by atoms with Crippen LogP contribution in [0, 0.1) is 5.92 Å². The summed E-state index contributed by atoms with van der Waals surface area (Å²) in [5.74, 6) is -3.74. The lowest BCUT2D eigenvalue weighted by Crippen LogP contribution is -2.57. The Kier molecular flexibility index (Phi) is 11.8. The molecule has 1 rings (SSSR count). The summed E-state index contributed by atoms with van der Waals surface area (Å²) < 4.78 is 0. The number of rotatable bonds is 14. The van der Waals surface area contributed by atoms with Crippen LogP contribution in [0.2, 0.25) is 0 Å². The fraction of sp³-hybridized carbons (Fsp3) is 0.762. The van der Waals surface area contributed by atoms with Crippen molar-refractivity contribution in [1.29, 1.82) is 0 Å². The van der Waals surface area contributed by atoms with E-state index in [-0.39, 0.29) is 12.5 Å². The molecule has 1 fully saturated rings. The Balaban J connectivity index is 2.90. The first-order valence-corrected chi connectivity index (χ1v) is 11.4. The summed E-state index contributed by atoms with van der Waals surface area (Å²) >= 11 is 0.